The molecule has 0 radical (unpaired) electrons. The molecule has 0 aromatic heterocycles. The van der Waals surface area contributed by atoms with Crippen LogP contribution in [0.5, 0.6) is 5.75 Å². The molecule has 0 spiro atoms. The molecule has 0 aliphatic rings. The van der Waals surface area contributed by atoms with Gasteiger partial charge in [-0.2, -0.15) is 0 Å². The molecule has 0 heterocycles. The maximum Gasteiger partial charge on any atom is 0.119 e. The van der Waals surface area contributed by atoms with Crippen LogP contribution < -0.4 is 10.5 Å². The number of hydrogen-bond donors (Lipinski definition) is 1. The summed E-state index contributed by atoms with van der Waals surface area (Å²) in [5.74, 6) is 0.886. The summed E-state index contributed by atoms with van der Waals surface area (Å²) >= 11 is 11.9. The summed E-state index contributed by atoms with van der Waals surface area (Å²) in [4.78, 5) is 0. The standard InChI is InChI=1S/C17H19Cl2NO/c1-12-3-2-4-15(9-12)21-8-7-14(20)10-13-5-6-16(18)17(19)11-13/h2-6,9,11,14H,7-8,10,20H2,1H3. The highest BCUT2D eigenvalue weighted by molar-refractivity contribution is 6.42. The van der Waals surface area contributed by atoms with Gasteiger partial charge in [0.1, 0.15) is 5.75 Å². The van der Waals surface area contributed by atoms with Crippen molar-refractivity contribution in [1.29, 1.82) is 0 Å². The molecule has 2 aromatic carbocycles. The molecule has 0 amide bonds. The first-order valence-corrected chi connectivity index (χ1v) is 7.69. The molecular formula is C17H19Cl2NO. The average molecular weight is 324 g/mol. The maximum atomic E-state index is 6.13. The van der Waals surface area contributed by atoms with Crippen molar-refractivity contribution in [3.05, 3.63) is 63.6 Å². The topological polar surface area (TPSA) is 35.2 Å². The Bertz CT molecular complexity index is 601. The van der Waals surface area contributed by atoms with Crippen LogP contribution in [0.15, 0.2) is 42.5 Å². The molecule has 2 N–H and O–H groups in total. The van der Waals surface area contributed by atoms with Gasteiger partial charge in [-0.1, -0.05) is 41.4 Å². The van der Waals surface area contributed by atoms with E-state index in [4.69, 9.17) is 33.7 Å². The third-order valence-electron chi connectivity index (χ3n) is 3.23. The lowest BCUT2D eigenvalue weighted by Crippen LogP contribution is -2.25. The van der Waals surface area contributed by atoms with Crippen molar-refractivity contribution in [2.24, 2.45) is 5.73 Å². The van der Waals surface area contributed by atoms with E-state index in [-0.39, 0.29) is 6.04 Å². The number of aryl methyl sites for hydroxylation is 1. The van der Waals surface area contributed by atoms with Gasteiger partial charge in [-0.05, 0) is 55.2 Å². The van der Waals surface area contributed by atoms with E-state index in [1.54, 1.807) is 6.07 Å². The normalized spacial score (nSPS) is 12.2. The van der Waals surface area contributed by atoms with Gasteiger partial charge in [0.05, 0.1) is 16.7 Å². The summed E-state index contributed by atoms with van der Waals surface area (Å²) in [6, 6.07) is 13.7. The molecule has 112 valence electrons. The third-order valence-corrected chi connectivity index (χ3v) is 3.97. The Morgan fingerprint density at radius 1 is 1.10 bits per heavy atom. The first kappa shape index (κ1) is 16.2. The molecule has 21 heavy (non-hydrogen) atoms. The summed E-state index contributed by atoms with van der Waals surface area (Å²) in [7, 11) is 0. The van der Waals surface area contributed by atoms with Crippen LogP contribution in [0.4, 0.5) is 0 Å². The molecule has 1 atom stereocenters. The zero-order valence-electron chi connectivity index (χ0n) is 12.0. The van der Waals surface area contributed by atoms with Crippen LogP contribution in [0.3, 0.4) is 0 Å². The number of ether oxygens (including phenoxy) is 1. The maximum absolute atomic E-state index is 6.13. The molecule has 0 aliphatic carbocycles. The van der Waals surface area contributed by atoms with Crippen LogP contribution in [0.25, 0.3) is 0 Å². The van der Waals surface area contributed by atoms with Gasteiger partial charge in [-0.15, -0.1) is 0 Å². The smallest absolute Gasteiger partial charge is 0.119 e. The van der Waals surface area contributed by atoms with Crippen molar-refractivity contribution < 1.29 is 4.74 Å². The molecule has 2 rings (SSSR count). The molecule has 2 aromatic rings. The molecule has 4 heteroatoms. The summed E-state index contributed by atoms with van der Waals surface area (Å²) in [6.07, 6.45) is 1.54. The highest BCUT2D eigenvalue weighted by atomic mass is 35.5. The lowest BCUT2D eigenvalue weighted by molar-refractivity contribution is 0.297. The minimum absolute atomic E-state index is 0.0343. The van der Waals surface area contributed by atoms with Crippen molar-refractivity contribution in [1.82, 2.24) is 0 Å². The Morgan fingerprint density at radius 2 is 1.90 bits per heavy atom. The Labute approximate surface area is 135 Å². The van der Waals surface area contributed by atoms with E-state index >= 15 is 0 Å². The fourth-order valence-electron chi connectivity index (χ4n) is 2.10. The van der Waals surface area contributed by atoms with E-state index in [1.165, 1.54) is 5.56 Å². The van der Waals surface area contributed by atoms with Crippen LogP contribution in [0.1, 0.15) is 17.5 Å². The number of rotatable bonds is 6. The van der Waals surface area contributed by atoms with Crippen LogP contribution in [0.2, 0.25) is 10.0 Å². The van der Waals surface area contributed by atoms with E-state index in [1.807, 2.05) is 43.3 Å². The van der Waals surface area contributed by atoms with Crippen molar-refractivity contribution in [3.8, 4) is 5.75 Å². The first-order chi connectivity index (χ1) is 10.0. The fraction of sp³-hybridized carbons (Fsp3) is 0.294. The monoisotopic (exact) mass is 323 g/mol. The predicted octanol–water partition coefficient (Wildman–Crippen LogP) is 4.64. The van der Waals surface area contributed by atoms with Crippen LogP contribution in [0, 0.1) is 6.92 Å². The third kappa shape index (κ3) is 5.24. The first-order valence-electron chi connectivity index (χ1n) is 6.93. The van der Waals surface area contributed by atoms with E-state index in [0.29, 0.717) is 16.7 Å². The number of benzene rings is 2. The highest BCUT2D eigenvalue weighted by Gasteiger charge is 2.07. The molecule has 2 nitrogen and oxygen atoms in total. The highest BCUT2D eigenvalue weighted by Crippen LogP contribution is 2.23. The Morgan fingerprint density at radius 3 is 2.62 bits per heavy atom. The summed E-state index contributed by atoms with van der Waals surface area (Å²) in [5.41, 5.74) is 8.41. The SMILES string of the molecule is Cc1cccc(OCCC(N)Cc2ccc(Cl)c(Cl)c2)c1. The largest absolute Gasteiger partial charge is 0.494 e. The number of hydrogen-bond acceptors (Lipinski definition) is 2. The van der Waals surface area contributed by atoms with E-state index < -0.39 is 0 Å². The molecular weight excluding hydrogens is 305 g/mol. The van der Waals surface area contributed by atoms with Gasteiger partial charge < -0.3 is 10.5 Å². The summed E-state index contributed by atoms with van der Waals surface area (Å²) in [5, 5.41) is 1.13. The number of nitrogens with two attached hydrogens (primary N) is 1. The van der Waals surface area contributed by atoms with Crippen molar-refractivity contribution >= 4 is 23.2 Å². The van der Waals surface area contributed by atoms with Crippen LogP contribution in [-0.2, 0) is 6.42 Å². The zero-order valence-corrected chi connectivity index (χ0v) is 13.5. The minimum Gasteiger partial charge on any atom is -0.494 e. The van der Waals surface area contributed by atoms with Crippen molar-refractivity contribution in [2.75, 3.05) is 6.61 Å². The lowest BCUT2D eigenvalue weighted by Gasteiger charge is -2.13. The zero-order chi connectivity index (χ0) is 15.2. The van der Waals surface area contributed by atoms with Crippen molar-refractivity contribution in [2.45, 2.75) is 25.8 Å². The second-order valence-electron chi connectivity index (χ2n) is 5.17. The van der Waals surface area contributed by atoms with Gasteiger partial charge in [0.15, 0.2) is 0 Å². The molecule has 0 bridgehead atoms. The van der Waals surface area contributed by atoms with Crippen LogP contribution in [-0.4, -0.2) is 12.6 Å². The van der Waals surface area contributed by atoms with Crippen LogP contribution >= 0.6 is 23.2 Å². The van der Waals surface area contributed by atoms with E-state index in [2.05, 4.69) is 0 Å². The Hall–Kier alpha value is -1.22. The second kappa shape index (κ2) is 7.69. The minimum atomic E-state index is 0.0343. The van der Waals surface area contributed by atoms with Gasteiger partial charge in [0.25, 0.3) is 0 Å². The fourth-order valence-corrected chi connectivity index (χ4v) is 2.43. The Kier molecular flexibility index (Phi) is 5.92. The summed E-state index contributed by atoms with van der Waals surface area (Å²) < 4.78 is 5.71. The van der Waals surface area contributed by atoms with E-state index in [0.717, 1.165) is 24.2 Å². The van der Waals surface area contributed by atoms with Gasteiger partial charge in [0, 0.05) is 6.04 Å². The van der Waals surface area contributed by atoms with E-state index in [9.17, 15) is 0 Å². The van der Waals surface area contributed by atoms with Gasteiger partial charge in [-0.3, -0.25) is 0 Å². The number of halogens is 2. The molecule has 1 unspecified atom stereocenters. The molecule has 0 fully saturated rings. The average Bonchev–Trinajstić information content (AvgIpc) is 2.43. The predicted molar refractivity (Wildman–Crippen MR) is 89.4 cm³/mol. The summed E-state index contributed by atoms with van der Waals surface area (Å²) in [6.45, 7) is 2.65. The van der Waals surface area contributed by atoms with Crippen molar-refractivity contribution in [3.63, 3.8) is 0 Å². The molecule has 0 saturated carbocycles. The van der Waals surface area contributed by atoms with Gasteiger partial charge >= 0.3 is 0 Å². The van der Waals surface area contributed by atoms with Gasteiger partial charge in [-0.25, -0.2) is 0 Å². The Balaban J connectivity index is 1.79. The molecule has 0 saturated heterocycles. The van der Waals surface area contributed by atoms with Gasteiger partial charge in [0.2, 0.25) is 0 Å². The quantitative estimate of drug-likeness (QED) is 0.840. The second-order valence-corrected chi connectivity index (χ2v) is 5.98. The molecule has 0 aliphatic heterocycles. The lowest BCUT2D eigenvalue weighted by atomic mass is 10.0.